The lowest BCUT2D eigenvalue weighted by molar-refractivity contribution is -0.209. The number of ether oxygens (including phenoxy) is 5. The highest BCUT2D eigenvalue weighted by atomic mass is 32.2. The van der Waals surface area contributed by atoms with Gasteiger partial charge in [-0.15, -0.1) is 0 Å². The number of benzene rings is 5. The first-order chi connectivity index (χ1) is 25.2. The van der Waals surface area contributed by atoms with E-state index in [0.717, 1.165) is 0 Å². The van der Waals surface area contributed by atoms with Crippen molar-refractivity contribution < 1.29 is 51.3 Å². The Bertz CT molecular complexity index is 2090. The first-order valence-electron chi connectivity index (χ1n) is 16.2. The van der Waals surface area contributed by atoms with Crippen LogP contribution in [0.2, 0.25) is 0 Å². The molecule has 0 bridgehead atoms. The molecule has 12 heteroatoms. The van der Waals surface area contributed by atoms with Crippen LogP contribution in [-0.4, -0.2) is 68.8 Å². The quantitative estimate of drug-likeness (QED) is 0.122. The normalized spacial score (nSPS) is 19.8. The summed E-state index contributed by atoms with van der Waals surface area (Å²) in [4.78, 5) is 53.9. The van der Waals surface area contributed by atoms with E-state index in [4.69, 9.17) is 23.7 Å². The van der Waals surface area contributed by atoms with Crippen LogP contribution in [0.3, 0.4) is 0 Å². The monoisotopic (exact) mass is 720 g/mol. The fourth-order valence-corrected chi connectivity index (χ4v) is 7.18. The molecule has 1 saturated heterocycles. The maximum atomic E-state index is 14.4. The summed E-state index contributed by atoms with van der Waals surface area (Å²) < 4.78 is 58.4. The van der Waals surface area contributed by atoms with E-state index < -0.39 is 70.2 Å². The molecule has 11 nitrogen and oxygen atoms in total. The molecule has 6 rings (SSSR count). The third kappa shape index (κ3) is 8.26. The number of sulfone groups is 1. The van der Waals surface area contributed by atoms with Crippen LogP contribution in [0.25, 0.3) is 0 Å². The van der Waals surface area contributed by atoms with E-state index in [1.54, 1.807) is 78.9 Å². The molecule has 1 aliphatic heterocycles. The third-order valence-electron chi connectivity index (χ3n) is 8.11. The molecule has 1 heterocycles. The molecular formula is C40H32O11S. The van der Waals surface area contributed by atoms with E-state index in [-0.39, 0.29) is 27.1 Å². The van der Waals surface area contributed by atoms with Gasteiger partial charge in [0.05, 0.1) is 27.1 Å². The lowest BCUT2D eigenvalue weighted by Gasteiger charge is -2.44. The summed E-state index contributed by atoms with van der Waals surface area (Å²) in [6.45, 7) is -0.653. The standard InChI is InChI=1S/C40H32O11S/c41-36(27-16-6-1-7-17-27)47-26-32-33(49-37(42)28-18-8-2-9-19-28)34(50-38(43)29-20-10-3-11-21-29)35(51-39(44)30-22-12-4-13-23-30)40(48-32)52(45,46)31-24-14-5-15-25-31/h1-25,32-35,40H,26H2/t32-,33+,34+,35-,40+/m1/s1. The van der Waals surface area contributed by atoms with Gasteiger partial charge >= 0.3 is 23.9 Å². The van der Waals surface area contributed by atoms with Crippen molar-refractivity contribution >= 4 is 33.7 Å². The third-order valence-corrected chi connectivity index (χ3v) is 10.0. The van der Waals surface area contributed by atoms with E-state index in [2.05, 4.69) is 0 Å². The van der Waals surface area contributed by atoms with Crippen molar-refractivity contribution in [1.29, 1.82) is 0 Å². The first kappa shape index (κ1) is 35.7. The zero-order chi connectivity index (χ0) is 36.5. The Morgan fingerprint density at radius 2 is 0.808 bits per heavy atom. The van der Waals surface area contributed by atoms with Crippen molar-refractivity contribution in [2.75, 3.05) is 6.61 Å². The highest BCUT2D eigenvalue weighted by Crippen LogP contribution is 2.35. The Hall–Kier alpha value is -6.11. The van der Waals surface area contributed by atoms with Gasteiger partial charge in [0.2, 0.25) is 15.3 Å². The predicted octanol–water partition coefficient (Wildman–Crippen LogP) is 5.72. The van der Waals surface area contributed by atoms with E-state index in [0.29, 0.717) is 0 Å². The molecule has 5 aromatic carbocycles. The maximum absolute atomic E-state index is 14.4. The maximum Gasteiger partial charge on any atom is 0.338 e. The van der Waals surface area contributed by atoms with Crippen molar-refractivity contribution in [2.45, 2.75) is 34.7 Å². The first-order valence-corrected chi connectivity index (χ1v) is 17.7. The van der Waals surface area contributed by atoms with Gasteiger partial charge in [-0.25, -0.2) is 27.6 Å². The Balaban J connectivity index is 1.47. The van der Waals surface area contributed by atoms with Crippen molar-refractivity contribution in [3.05, 3.63) is 174 Å². The van der Waals surface area contributed by atoms with Crippen molar-refractivity contribution in [2.24, 2.45) is 0 Å². The van der Waals surface area contributed by atoms with Crippen LogP contribution in [-0.2, 0) is 33.5 Å². The molecule has 0 aliphatic carbocycles. The van der Waals surface area contributed by atoms with Crippen molar-refractivity contribution in [3.8, 4) is 0 Å². The van der Waals surface area contributed by atoms with Crippen LogP contribution >= 0.6 is 0 Å². The second kappa shape index (κ2) is 16.3. The molecule has 0 N–H and O–H groups in total. The summed E-state index contributed by atoms with van der Waals surface area (Å²) in [5.41, 5.74) is -1.62. The van der Waals surface area contributed by atoms with E-state index in [1.165, 1.54) is 72.8 Å². The molecule has 1 aliphatic rings. The van der Waals surface area contributed by atoms with E-state index in [1.807, 2.05) is 0 Å². The molecule has 5 aromatic rings. The summed E-state index contributed by atoms with van der Waals surface area (Å²) in [7, 11) is -4.57. The molecular weight excluding hydrogens is 688 g/mol. The Morgan fingerprint density at radius 3 is 1.23 bits per heavy atom. The van der Waals surface area contributed by atoms with Crippen molar-refractivity contribution in [1.82, 2.24) is 0 Å². The summed E-state index contributed by atoms with van der Waals surface area (Å²) in [5.74, 6) is -3.59. The molecule has 0 radical (unpaired) electrons. The van der Waals surface area contributed by atoms with Crippen LogP contribution in [0.5, 0.6) is 0 Å². The molecule has 1 fully saturated rings. The van der Waals surface area contributed by atoms with Crippen LogP contribution in [0, 0.1) is 0 Å². The highest BCUT2D eigenvalue weighted by Gasteiger charge is 2.57. The average Bonchev–Trinajstić information content (AvgIpc) is 3.19. The molecule has 0 spiro atoms. The Kier molecular flexibility index (Phi) is 11.2. The van der Waals surface area contributed by atoms with Gasteiger partial charge in [-0.1, -0.05) is 91.0 Å². The van der Waals surface area contributed by atoms with Crippen LogP contribution in [0.15, 0.2) is 157 Å². The Labute approximate surface area is 299 Å². The van der Waals surface area contributed by atoms with Gasteiger partial charge in [-0.2, -0.15) is 0 Å². The van der Waals surface area contributed by atoms with Crippen LogP contribution in [0.1, 0.15) is 41.4 Å². The fraction of sp³-hybridized carbons (Fsp3) is 0.150. The van der Waals surface area contributed by atoms with Gasteiger partial charge in [0.1, 0.15) is 12.7 Å². The molecule has 0 unspecified atom stereocenters. The SMILES string of the molecule is O=C(OC[C@H]1O[C@@H](S(=O)(=O)c2ccccc2)[C@H](OC(=O)c2ccccc2)[C@@H](OC(=O)c2ccccc2)[C@H]1OC(=O)c1ccccc1)c1ccccc1. The van der Waals surface area contributed by atoms with Gasteiger partial charge in [-0.05, 0) is 60.7 Å². The number of hydrogen-bond acceptors (Lipinski definition) is 11. The molecule has 5 atom stereocenters. The number of hydrogen-bond donors (Lipinski definition) is 0. The number of rotatable bonds is 11. The number of carbonyl (C=O) groups is 4. The van der Waals surface area contributed by atoms with Gasteiger partial charge in [0.15, 0.2) is 18.3 Å². The van der Waals surface area contributed by atoms with Gasteiger partial charge in [-0.3, -0.25) is 0 Å². The largest absolute Gasteiger partial charge is 0.459 e. The molecule has 0 saturated carbocycles. The van der Waals surface area contributed by atoms with E-state index >= 15 is 0 Å². The molecule has 0 amide bonds. The van der Waals surface area contributed by atoms with E-state index in [9.17, 15) is 27.6 Å². The smallest absolute Gasteiger partial charge is 0.338 e. The molecule has 264 valence electrons. The molecule has 0 aromatic heterocycles. The zero-order valence-electron chi connectivity index (χ0n) is 27.4. The topological polar surface area (TPSA) is 149 Å². The minimum absolute atomic E-state index is 0.0586. The Morgan fingerprint density at radius 1 is 0.462 bits per heavy atom. The van der Waals surface area contributed by atoms with Crippen LogP contribution in [0.4, 0.5) is 0 Å². The summed E-state index contributed by atoms with van der Waals surface area (Å²) >= 11 is 0. The minimum atomic E-state index is -4.57. The van der Waals surface area contributed by atoms with Crippen molar-refractivity contribution in [3.63, 3.8) is 0 Å². The second-order valence-corrected chi connectivity index (χ2v) is 13.6. The average molecular weight is 721 g/mol. The van der Waals surface area contributed by atoms with Crippen LogP contribution < -0.4 is 0 Å². The zero-order valence-corrected chi connectivity index (χ0v) is 28.2. The minimum Gasteiger partial charge on any atom is -0.459 e. The van der Waals surface area contributed by atoms with Gasteiger partial charge < -0.3 is 23.7 Å². The second-order valence-electron chi connectivity index (χ2n) is 11.6. The molecule has 52 heavy (non-hydrogen) atoms. The summed E-state index contributed by atoms with van der Waals surface area (Å²) in [6.07, 6.45) is -6.92. The summed E-state index contributed by atoms with van der Waals surface area (Å²) in [6, 6.07) is 38.7. The fourth-order valence-electron chi connectivity index (χ4n) is 5.52. The highest BCUT2D eigenvalue weighted by molar-refractivity contribution is 7.92. The number of esters is 4. The van der Waals surface area contributed by atoms with Gasteiger partial charge in [0.25, 0.3) is 0 Å². The summed E-state index contributed by atoms with van der Waals surface area (Å²) in [5, 5.41) is 0. The number of carbonyl (C=O) groups excluding carboxylic acids is 4. The lowest BCUT2D eigenvalue weighted by Crippen LogP contribution is -2.64. The van der Waals surface area contributed by atoms with Gasteiger partial charge in [0, 0.05) is 0 Å². The predicted molar refractivity (Wildman–Crippen MR) is 186 cm³/mol. The lowest BCUT2D eigenvalue weighted by atomic mass is 9.98.